The Morgan fingerprint density at radius 3 is 2.62 bits per heavy atom. The predicted octanol–water partition coefficient (Wildman–Crippen LogP) is 1.82. The number of nitrogens with zero attached hydrogens (tertiary/aromatic N) is 1. The average molecular weight is 294 g/mol. The minimum absolute atomic E-state index is 0.158. The Morgan fingerprint density at radius 2 is 2.05 bits per heavy atom. The summed E-state index contributed by atoms with van der Waals surface area (Å²) in [7, 11) is 1.53. The molecule has 1 atom stereocenters. The zero-order valence-electron chi connectivity index (χ0n) is 12.6. The second-order valence-electron chi connectivity index (χ2n) is 4.73. The van der Waals surface area contributed by atoms with E-state index in [1.165, 1.54) is 7.11 Å². The summed E-state index contributed by atoms with van der Waals surface area (Å²) in [4.78, 5) is 24.8. The molecule has 0 heterocycles. The van der Waals surface area contributed by atoms with Crippen LogP contribution in [-0.2, 0) is 9.59 Å². The van der Waals surface area contributed by atoms with Crippen LogP contribution in [0.15, 0.2) is 24.3 Å². The normalized spacial score (nSPS) is 12.0. The molecular formula is C15H22N2O4. The van der Waals surface area contributed by atoms with Crippen molar-refractivity contribution < 1.29 is 19.4 Å². The molecule has 1 aromatic carbocycles. The number of carboxylic acids is 1. The number of carbonyl (C=O) groups excluding carboxylic acids is 1. The van der Waals surface area contributed by atoms with Gasteiger partial charge in [-0.15, -0.1) is 0 Å². The first-order valence-corrected chi connectivity index (χ1v) is 6.89. The minimum atomic E-state index is -0.944. The molecule has 0 aliphatic rings. The van der Waals surface area contributed by atoms with E-state index < -0.39 is 12.0 Å². The molecule has 0 saturated carbocycles. The Hall–Kier alpha value is -2.08. The molecule has 6 heteroatoms. The van der Waals surface area contributed by atoms with Crippen LogP contribution in [0.4, 0.5) is 5.69 Å². The molecule has 0 aliphatic heterocycles. The third-order valence-electron chi connectivity index (χ3n) is 3.14. The standard InChI is InChI=1S/C15H22N2O4/c1-4-9-17(10-14(18)19)11(2)15(20)16-12-7-5-6-8-13(12)21-3/h5-8,11H,4,9-10H2,1-3H3,(H,16,20)(H,18,19). The van der Waals surface area contributed by atoms with E-state index in [1.807, 2.05) is 13.0 Å². The second-order valence-corrected chi connectivity index (χ2v) is 4.73. The number of rotatable bonds is 8. The van der Waals surface area contributed by atoms with Crippen LogP contribution in [0.3, 0.4) is 0 Å². The highest BCUT2D eigenvalue weighted by Gasteiger charge is 2.23. The van der Waals surface area contributed by atoms with E-state index in [4.69, 9.17) is 9.84 Å². The SMILES string of the molecule is CCCN(CC(=O)O)C(C)C(=O)Nc1ccccc1OC. The summed E-state index contributed by atoms with van der Waals surface area (Å²) >= 11 is 0. The van der Waals surface area contributed by atoms with Crippen LogP contribution in [0, 0.1) is 0 Å². The lowest BCUT2D eigenvalue weighted by molar-refractivity contribution is -0.139. The van der Waals surface area contributed by atoms with Gasteiger partial charge in [-0.25, -0.2) is 0 Å². The molecule has 0 saturated heterocycles. The van der Waals surface area contributed by atoms with Gasteiger partial charge in [0, 0.05) is 0 Å². The van der Waals surface area contributed by atoms with Gasteiger partial charge in [-0.05, 0) is 32.0 Å². The van der Waals surface area contributed by atoms with E-state index in [-0.39, 0.29) is 12.5 Å². The molecule has 21 heavy (non-hydrogen) atoms. The van der Waals surface area contributed by atoms with E-state index in [0.29, 0.717) is 18.0 Å². The highest BCUT2D eigenvalue weighted by molar-refractivity contribution is 5.96. The molecule has 0 fully saturated rings. The number of hydrogen-bond acceptors (Lipinski definition) is 4. The van der Waals surface area contributed by atoms with Crippen molar-refractivity contribution in [3.8, 4) is 5.75 Å². The second kappa shape index (κ2) is 8.26. The molecule has 1 unspecified atom stereocenters. The minimum Gasteiger partial charge on any atom is -0.495 e. The van der Waals surface area contributed by atoms with E-state index in [2.05, 4.69) is 5.32 Å². The van der Waals surface area contributed by atoms with Gasteiger partial charge in [0.15, 0.2) is 0 Å². The fourth-order valence-corrected chi connectivity index (χ4v) is 2.02. The lowest BCUT2D eigenvalue weighted by Gasteiger charge is -2.26. The molecule has 6 nitrogen and oxygen atoms in total. The van der Waals surface area contributed by atoms with Crippen molar-refractivity contribution in [1.29, 1.82) is 0 Å². The van der Waals surface area contributed by atoms with Crippen LogP contribution in [0.5, 0.6) is 5.75 Å². The van der Waals surface area contributed by atoms with Gasteiger partial charge >= 0.3 is 5.97 Å². The fraction of sp³-hybridized carbons (Fsp3) is 0.467. The molecule has 0 aliphatic carbocycles. The summed E-state index contributed by atoms with van der Waals surface area (Å²) in [5, 5.41) is 11.7. The molecule has 0 aromatic heterocycles. The number of ether oxygens (including phenoxy) is 1. The van der Waals surface area contributed by atoms with Gasteiger partial charge in [0.2, 0.25) is 5.91 Å². The molecule has 116 valence electrons. The first kappa shape index (κ1) is 17.0. The largest absolute Gasteiger partial charge is 0.495 e. The number of nitrogens with one attached hydrogen (secondary N) is 1. The first-order chi connectivity index (χ1) is 9.99. The molecular weight excluding hydrogens is 272 g/mol. The number of methoxy groups -OCH3 is 1. The number of para-hydroxylation sites is 2. The highest BCUT2D eigenvalue weighted by atomic mass is 16.5. The van der Waals surface area contributed by atoms with Gasteiger partial charge in [-0.3, -0.25) is 14.5 Å². The number of aliphatic carboxylic acids is 1. The number of benzene rings is 1. The molecule has 1 aromatic rings. The van der Waals surface area contributed by atoms with Crippen molar-refractivity contribution in [2.45, 2.75) is 26.3 Å². The van der Waals surface area contributed by atoms with Crippen molar-refractivity contribution in [3.63, 3.8) is 0 Å². The Bertz CT molecular complexity index is 490. The van der Waals surface area contributed by atoms with Crippen LogP contribution < -0.4 is 10.1 Å². The Balaban J connectivity index is 2.78. The lowest BCUT2D eigenvalue weighted by atomic mass is 10.2. The number of amides is 1. The van der Waals surface area contributed by atoms with Gasteiger partial charge in [0.25, 0.3) is 0 Å². The molecule has 0 spiro atoms. The van der Waals surface area contributed by atoms with Crippen molar-refractivity contribution in [1.82, 2.24) is 4.90 Å². The van der Waals surface area contributed by atoms with E-state index in [0.717, 1.165) is 6.42 Å². The number of carboxylic acid groups (broad SMARTS) is 1. The predicted molar refractivity (Wildman–Crippen MR) is 80.6 cm³/mol. The quantitative estimate of drug-likeness (QED) is 0.764. The van der Waals surface area contributed by atoms with Gasteiger partial charge in [-0.2, -0.15) is 0 Å². The topological polar surface area (TPSA) is 78.9 Å². The average Bonchev–Trinajstić information content (AvgIpc) is 2.46. The zero-order valence-corrected chi connectivity index (χ0v) is 12.6. The summed E-state index contributed by atoms with van der Waals surface area (Å²) in [6, 6.07) is 6.56. The third kappa shape index (κ3) is 5.07. The Kier molecular flexibility index (Phi) is 6.68. The molecule has 1 amide bonds. The van der Waals surface area contributed by atoms with Crippen LogP contribution in [0.25, 0.3) is 0 Å². The van der Waals surface area contributed by atoms with Crippen molar-refractivity contribution >= 4 is 17.6 Å². The first-order valence-electron chi connectivity index (χ1n) is 6.89. The number of hydrogen-bond donors (Lipinski definition) is 2. The molecule has 1 rings (SSSR count). The highest BCUT2D eigenvalue weighted by Crippen LogP contribution is 2.23. The van der Waals surface area contributed by atoms with Crippen LogP contribution >= 0.6 is 0 Å². The van der Waals surface area contributed by atoms with E-state index in [1.54, 1.807) is 30.0 Å². The summed E-state index contributed by atoms with van der Waals surface area (Å²) in [5.41, 5.74) is 0.573. The van der Waals surface area contributed by atoms with E-state index >= 15 is 0 Å². The fourth-order valence-electron chi connectivity index (χ4n) is 2.02. The van der Waals surface area contributed by atoms with Gasteiger partial charge < -0.3 is 15.2 Å². The Morgan fingerprint density at radius 1 is 1.38 bits per heavy atom. The lowest BCUT2D eigenvalue weighted by Crippen LogP contribution is -2.44. The van der Waals surface area contributed by atoms with Gasteiger partial charge in [0.1, 0.15) is 5.75 Å². The summed E-state index contributed by atoms with van der Waals surface area (Å²) < 4.78 is 5.18. The maximum absolute atomic E-state index is 12.3. The smallest absolute Gasteiger partial charge is 0.317 e. The molecule has 2 N–H and O–H groups in total. The third-order valence-corrected chi connectivity index (χ3v) is 3.14. The van der Waals surface area contributed by atoms with Crippen molar-refractivity contribution in [2.75, 3.05) is 25.5 Å². The van der Waals surface area contributed by atoms with Crippen molar-refractivity contribution in [2.24, 2.45) is 0 Å². The van der Waals surface area contributed by atoms with E-state index in [9.17, 15) is 9.59 Å². The number of carbonyl (C=O) groups is 2. The molecule has 0 radical (unpaired) electrons. The monoisotopic (exact) mass is 294 g/mol. The number of anilines is 1. The van der Waals surface area contributed by atoms with Crippen molar-refractivity contribution in [3.05, 3.63) is 24.3 Å². The summed E-state index contributed by atoms with van der Waals surface area (Å²) in [5.74, 6) is -0.632. The maximum Gasteiger partial charge on any atom is 0.317 e. The van der Waals surface area contributed by atoms with Crippen LogP contribution in [-0.4, -0.2) is 48.1 Å². The molecule has 0 bridgehead atoms. The zero-order chi connectivity index (χ0) is 15.8. The maximum atomic E-state index is 12.3. The summed E-state index contributed by atoms with van der Waals surface area (Å²) in [6.07, 6.45) is 0.777. The van der Waals surface area contributed by atoms with Gasteiger partial charge in [-0.1, -0.05) is 19.1 Å². The van der Waals surface area contributed by atoms with Crippen LogP contribution in [0.1, 0.15) is 20.3 Å². The van der Waals surface area contributed by atoms with Gasteiger partial charge in [0.05, 0.1) is 25.4 Å². The summed E-state index contributed by atoms with van der Waals surface area (Å²) in [6.45, 7) is 4.03. The van der Waals surface area contributed by atoms with Crippen LogP contribution in [0.2, 0.25) is 0 Å². The Labute approximate surface area is 124 Å².